The summed E-state index contributed by atoms with van der Waals surface area (Å²) in [6.07, 6.45) is 0.946. The van der Waals surface area contributed by atoms with Crippen molar-refractivity contribution >= 4 is 5.78 Å². The Bertz CT molecular complexity index is 434. The van der Waals surface area contributed by atoms with E-state index in [0.29, 0.717) is 5.92 Å². The molecule has 0 bridgehead atoms. The second-order valence-corrected chi connectivity index (χ2v) is 5.17. The predicted octanol–water partition coefficient (Wildman–Crippen LogP) is 2.61. The van der Waals surface area contributed by atoms with E-state index in [1.165, 1.54) is 0 Å². The highest BCUT2D eigenvalue weighted by atomic mass is 16.5. The lowest BCUT2D eigenvalue weighted by molar-refractivity contribution is 0.0930. The van der Waals surface area contributed by atoms with Gasteiger partial charge in [0.2, 0.25) is 0 Å². The number of hydrogen-bond acceptors (Lipinski definition) is 3. The molecule has 1 heterocycles. The smallest absolute Gasteiger partial charge is 0.167 e. The van der Waals surface area contributed by atoms with Gasteiger partial charge in [-0.2, -0.15) is 0 Å². The summed E-state index contributed by atoms with van der Waals surface area (Å²) in [4.78, 5) is 12.3. The number of hydrogen-bond donors (Lipinski definition) is 1. The molecule has 0 amide bonds. The normalized spacial score (nSPS) is 19.2. The number of carbonyl (C=O) groups is 1. The Labute approximate surface area is 109 Å². The Balaban J connectivity index is 2.28. The molecule has 0 aromatic heterocycles. The molecule has 0 aliphatic carbocycles. The maximum Gasteiger partial charge on any atom is 0.167 e. The largest absolute Gasteiger partial charge is 0.496 e. The summed E-state index contributed by atoms with van der Waals surface area (Å²) in [6, 6.07) is 5.78. The van der Waals surface area contributed by atoms with Crippen LogP contribution in [0.25, 0.3) is 0 Å². The molecule has 1 aliphatic heterocycles. The van der Waals surface area contributed by atoms with Gasteiger partial charge in [0, 0.05) is 18.0 Å². The monoisotopic (exact) mass is 247 g/mol. The third kappa shape index (κ3) is 2.56. The fraction of sp³-hybridized carbons (Fsp3) is 0.533. The number of Topliss-reactive ketones (excluding diaryl/α,β-unsaturated/α-hetero) is 1. The molecule has 1 aromatic rings. The van der Waals surface area contributed by atoms with Gasteiger partial charge in [0.1, 0.15) is 5.75 Å². The van der Waals surface area contributed by atoms with Crippen molar-refractivity contribution in [2.24, 2.45) is 5.92 Å². The Morgan fingerprint density at radius 2 is 2.22 bits per heavy atom. The molecular formula is C15H21NO2. The van der Waals surface area contributed by atoms with Gasteiger partial charge in [0.05, 0.1) is 7.11 Å². The summed E-state index contributed by atoms with van der Waals surface area (Å²) in [5.41, 5.74) is 1.92. The summed E-state index contributed by atoms with van der Waals surface area (Å²) >= 11 is 0. The molecule has 1 atom stereocenters. The number of carbonyl (C=O) groups excluding carboxylic acids is 1. The molecule has 2 rings (SSSR count). The molecule has 1 fully saturated rings. The number of methoxy groups -OCH3 is 1. The highest BCUT2D eigenvalue weighted by molar-refractivity contribution is 5.98. The van der Waals surface area contributed by atoms with E-state index in [4.69, 9.17) is 4.74 Å². The summed E-state index contributed by atoms with van der Waals surface area (Å²) in [5.74, 6) is 1.61. The molecule has 1 saturated heterocycles. The first-order valence-electron chi connectivity index (χ1n) is 6.56. The van der Waals surface area contributed by atoms with E-state index in [2.05, 4.69) is 19.2 Å². The first-order valence-corrected chi connectivity index (χ1v) is 6.56. The molecule has 1 unspecified atom stereocenters. The van der Waals surface area contributed by atoms with Gasteiger partial charge < -0.3 is 10.1 Å². The summed E-state index contributed by atoms with van der Waals surface area (Å²) in [7, 11) is 1.67. The molecule has 3 heteroatoms. The molecule has 0 radical (unpaired) electrons. The van der Waals surface area contributed by atoms with Crippen LogP contribution in [0.2, 0.25) is 0 Å². The van der Waals surface area contributed by atoms with E-state index in [1.807, 2.05) is 18.2 Å². The van der Waals surface area contributed by atoms with Crippen molar-refractivity contribution in [1.82, 2.24) is 5.32 Å². The minimum atomic E-state index is 0.137. The average Bonchev–Trinajstić information content (AvgIpc) is 2.90. The van der Waals surface area contributed by atoms with Crippen molar-refractivity contribution in [2.45, 2.75) is 26.2 Å². The molecule has 18 heavy (non-hydrogen) atoms. The zero-order valence-corrected chi connectivity index (χ0v) is 11.3. The van der Waals surface area contributed by atoms with Crippen LogP contribution in [-0.2, 0) is 0 Å². The molecule has 98 valence electrons. The van der Waals surface area contributed by atoms with E-state index in [1.54, 1.807) is 7.11 Å². The maximum absolute atomic E-state index is 12.3. The van der Waals surface area contributed by atoms with Gasteiger partial charge in [-0.05, 0) is 42.6 Å². The molecule has 0 saturated carbocycles. The van der Waals surface area contributed by atoms with Crippen molar-refractivity contribution in [1.29, 1.82) is 0 Å². The van der Waals surface area contributed by atoms with E-state index < -0.39 is 0 Å². The molecule has 1 N–H and O–H groups in total. The van der Waals surface area contributed by atoms with E-state index in [-0.39, 0.29) is 11.7 Å². The van der Waals surface area contributed by atoms with E-state index in [0.717, 1.165) is 36.4 Å². The van der Waals surface area contributed by atoms with Crippen molar-refractivity contribution in [3.8, 4) is 5.75 Å². The van der Waals surface area contributed by atoms with Crippen LogP contribution in [0.3, 0.4) is 0 Å². The van der Waals surface area contributed by atoms with Crippen molar-refractivity contribution in [3.63, 3.8) is 0 Å². The van der Waals surface area contributed by atoms with Gasteiger partial charge in [-0.25, -0.2) is 0 Å². The van der Waals surface area contributed by atoms with Gasteiger partial charge in [-0.15, -0.1) is 0 Å². The Hall–Kier alpha value is -1.35. The molecular weight excluding hydrogens is 226 g/mol. The van der Waals surface area contributed by atoms with Crippen LogP contribution in [0.15, 0.2) is 18.2 Å². The summed E-state index contributed by atoms with van der Waals surface area (Å²) < 4.78 is 5.34. The van der Waals surface area contributed by atoms with Crippen molar-refractivity contribution in [3.05, 3.63) is 29.3 Å². The second kappa shape index (κ2) is 5.53. The van der Waals surface area contributed by atoms with Crippen molar-refractivity contribution in [2.75, 3.05) is 20.2 Å². The molecule has 1 aliphatic rings. The second-order valence-electron chi connectivity index (χ2n) is 5.17. The quantitative estimate of drug-likeness (QED) is 0.831. The van der Waals surface area contributed by atoms with E-state index >= 15 is 0 Å². The molecule has 0 spiro atoms. The van der Waals surface area contributed by atoms with Crippen LogP contribution in [-0.4, -0.2) is 26.0 Å². The van der Waals surface area contributed by atoms with Crippen LogP contribution < -0.4 is 10.1 Å². The lowest BCUT2D eigenvalue weighted by atomic mass is 9.93. The average molecular weight is 247 g/mol. The van der Waals surface area contributed by atoms with Crippen LogP contribution in [0.5, 0.6) is 5.75 Å². The van der Waals surface area contributed by atoms with Gasteiger partial charge in [-0.3, -0.25) is 4.79 Å². The van der Waals surface area contributed by atoms with E-state index in [9.17, 15) is 4.79 Å². The topological polar surface area (TPSA) is 38.3 Å². The third-order valence-electron chi connectivity index (χ3n) is 3.57. The zero-order chi connectivity index (χ0) is 13.1. The maximum atomic E-state index is 12.3. The van der Waals surface area contributed by atoms with Gasteiger partial charge in [-0.1, -0.05) is 13.8 Å². The fourth-order valence-electron chi connectivity index (χ4n) is 2.45. The highest BCUT2D eigenvalue weighted by Gasteiger charge is 2.24. The van der Waals surface area contributed by atoms with Crippen LogP contribution in [0.1, 0.15) is 42.1 Å². The Kier molecular flexibility index (Phi) is 4.02. The first-order chi connectivity index (χ1) is 8.63. The summed E-state index contributed by atoms with van der Waals surface area (Å²) in [6.45, 7) is 5.98. The fourth-order valence-corrected chi connectivity index (χ4v) is 2.45. The predicted molar refractivity (Wildman–Crippen MR) is 72.4 cm³/mol. The highest BCUT2D eigenvalue weighted by Crippen LogP contribution is 2.28. The molecule has 1 aromatic carbocycles. The third-order valence-corrected chi connectivity index (χ3v) is 3.57. The number of benzene rings is 1. The van der Waals surface area contributed by atoms with Crippen LogP contribution >= 0.6 is 0 Å². The Morgan fingerprint density at radius 3 is 2.78 bits per heavy atom. The van der Waals surface area contributed by atoms with Crippen LogP contribution in [0.4, 0.5) is 0 Å². The zero-order valence-electron chi connectivity index (χ0n) is 11.3. The number of rotatable bonds is 4. The summed E-state index contributed by atoms with van der Waals surface area (Å²) in [5, 5.41) is 3.24. The standard InChI is InChI=1S/C15H21NO2/c1-10(2)13-8-11(4-5-14(13)18-3)15(17)12-6-7-16-9-12/h4-5,8,10,12,16H,6-7,9H2,1-3H3. The van der Waals surface area contributed by atoms with Crippen molar-refractivity contribution < 1.29 is 9.53 Å². The lowest BCUT2D eigenvalue weighted by Gasteiger charge is -2.14. The van der Waals surface area contributed by atoms with Gasteiger partial charge >= 0.3 is 0 Å². The van der Waals surface area contributed by atoms with Gasteiger partial charge in [0.25, 0.3) is 0 Å². The Morgan fingerprint density at radius 1 is 1.44 bits per heavy atom. The van der Waals surface area contributed by atoms with Crippen LogP contribution in [0, 0.1) is 5.92 Å². The number of nitrogens with one attached hydrogen (secondary N) is 1. The first kappa shape index (κ1) is 13.1. The minimum Gasteiger partial charge on any atom is -0.496 e. The number of ether oxygens (including phenoxy) is 1. The van der Waals surface area contributed by atoms with Gasteiger partial charge in [0.15, 0.2) is 5.78 Å². The SMILES string of the molecule is COc1ccc(C(=O)C2CCNC2)cc1C(C)C. The number of ketones is 1. The minimum absolute atomic E-state index is 0.137. The lowest BCUT2D eigenvalue weighted by Crippen LogP contribution is -2.18. The molecule has 3 nitrogen and oxygen atoms in total.